The van der Waals surface area contributed by atoms with Crippen LogP contribution in [0.3, 0.4) is 0 Å². The van der Waals surface area contributed by atoms with Gasteiger partial charge < -0.3 is 0 Å². The number of fused-ring (bicyclic) bond motifs is 2. The summed E-state index contributed by atoms with van der Waals surface area (Å²) < 4.78 is 31.5. The van der Waals surface area contributed by atoms with Crippen LogP contribution in [0.25, 0.3) is 0 Å². The molecule has 0 radical (unpaired) electrons. The van der Waals surface area contributed by atoms with Gasteiger partial charge in [-0.15, -0.1) is 4.28 Å². The molecule has 0 saturated heterocycles. The number of anilines is 2. The second kappa shape index (κ2) is 12.3. The molecular weight excluding hydrogens is 450 g/mol. The fraction of sp³-hybridized carbons (Fsp3) is 0.556. The minimum atomic E-state index is -3.69. The van der Waals surface area contributed by atoms with Crippen LogP contribution in [0.1, 0.15) is 89.3 Å². The highest BCUT2D eigenvalue weighted by molar-refractivity contribution is 7.99. The Labute approximate surface area is 205 Å². The third-order valence-electron chi connectivity index (χ3n) is 5.98. The van der Waals surface area contributed by atoms with E-state index in [9.17, 15) is 8.42 Å². The molecule has 6 heteroatoms. The maximum Gasteiger partial charge on any atom is 0.288 e. The normalized spacial score (nSPS) is 13.2. The fourth-order valence-electron chi connectivity index (χ4n) is 4.24. The molecule has 0 N–H and O–H groups in total. The van der Waals surface area contributed by atoms with Gasteiger partial charge in [0.1, 0.15) is 0 Å². The zero-order valence-corrected chi connectivity index (χ0v) is 22.3. The van der Waals surface area contributed by atoms with E-state index in [1.165, 1.54) is 16.7 Å². The fourth-order valence-corrected chi connectivity index (χ4v) is 6.50. The molecule has 0 atom stereocenters. The minimum Gasteiger partial charge on any atom is -0.202 e. The Morgan fingerprint density at radius 3 is 2.18 bits per heavy atom. The summed E-state index contributed by atoms with van der Waals surface area (Å²) in [4.78, 5) is 2.23. The van der Waals surface area contributed by atoms with Gasteiger partial charge in [0.15, 0.2) is 0 Å². The van der Waals surface area contributed by atoms with E-state index in [0.717, 1.165) is 79.0 Å². The molecule has 0 saturated carbocycles. The highest BCUT2D eigenvalue weighted by Gasteiger charge is 2.32. The van der Waals surface area contributed by atoms with Crippen LogP contribution in [0, 0.1) is 0 Å². The number of benzene rings is 2. The summed E-state index contributed by atoms with van der Waals surface area (Å²) in [7, 11) is -3.69. The summed E-state index contributed by atoms with van der Waals surface area (Å²) in [6.45, 7) is 8.47. The summed E-state index contributed by atoms with van der Waals surface area (Å²) in [5, 5.41) is 1.64. The molecule has 182 valence electrons. The molecule has 33 heavy (non-hydrogen) atoms. The molecular formula is C27H39NO3S2. The Bertz CT molecular complexity index is 1030. The number of aryl methyl sites for hydroxylation is 3. The van der Waals surface area contributed by atoms with Gasteiger partial charge in [0.05, 0.1) is 17.1 Å². The van der Waals surface area contributed by atoms with Gasteiger partial charge >= 0.3 is 0 Å². The van der Waals surface area contributed by atoms with Crippen molar-refractivity contribution in [3.8, 4) is 0 Å². The van der Waals surface area contributed by atoms with Gasteiger partial charge in [0.2, 0.25) is 0 Å². The van der Waals surface area contributed by atoms with Gasteiger partial charge in [-0.1, -0.05) is 76.9 Å². The van der Waals surface area contributed by atoms with E-state index < -0.39 is 10.1 Å². The van der Waals surface area contributed by atoms with Crippen molar-refractivity contribution >= 4 is 33.3 Å². The molecule has 0 aliphatic carbocycles. The predicted octanol–water partition coefficient (Wildman–Crippen LogP) is 7.99. The maximum absolute atomic E-state index is 12.8. The Kier molecular flexibility index (Phi) is 9.71. The standard InChI is InChI=1S/C27H39NO3S2/c1-5-9-13-21-19-23(15-11-7-3)26-25(20-21)32-27-22(14-10-6-2)16-12-17-24(27)28(26)31-33(29,30)18-8-4/h12,16-17,19-20H,5-11,13-15,18H2,1-4H3. The zero-order chi connectivity index (χ0) is 23.8. The van der Waals surface area contributed by atoms with Crippen LogP contribution in [0.15, 0.2) is 40.1 Å². The lowest BCUT2D eigenvalue weighted by molar-refractivity contribution is 0.318. The summed E-state index contributed by atoms with van der Waals surface area (Å²) in [6, 6.07) is 10.7. The van der Waals surface area contributed by atoms with E-state index in [0.29, 0.717) is 6.42 Å². The first kappa shape index (κ1) is 26.1. The topological polar surface area (TPSA) is 46.6 Å². The minimum absolute atomic E-state index is 0.00963. The van der Waals surface area contributed by atoms with Crippen LogP contribution in [0.4, 0.5) is 11.4 Å². The van der Waals surface area contributed by atoms with Crippen LogP contribution >= 0.6 is 11.8 Å². The number of hydrogen-bond acceptors (Lipinski definition) is 5. The van der Waals surface area contributed by atoms with Gasteiger partial charge in [-0.2, -0.15) is 8.42 Å². The van der Waals surface area contributed by atoms with Crippen molar-refractivity contribution in [3.63, 3.8) is 0 Å². The van der Waals surface area contributed by atoms with E-state index in [4.69, 9.17) is 4.28 Å². The zero-order valence-electron chi connectivity index (χ0n) is 20.7. The lowest BCUT2D eigenvalue weighted by atomic mass is 9.99. The molecule has 0 fully saturated rings. The van der Waals surface area contributed by atoms with E-state index >= 15 is 0 Å². The maximum atomic E-state index is 12.8. The Morgan fingerprint density at radius 2 is 1.52 bits per heavy atom. The summed E-state index contributed by atoms with van der Waals surface area (Å²) in [5.41, 5.74) is 5.54. The lowest BCUT2D eigenvalue weighted by Gasteiger charge is -2.34. The average molecular weight is 490 g/mol. The number of rotatable bonds is 13. The number of hydrogen-bond donors (Lipinski definition) is 0. The first-order chi connectivity index (χ1) is 15.9. The Balaban J connectivity index is 2.17. The van der Waals surface area contributed by atoms with Crippen molar-refractivity contribution in [1.29, 1.82) is 0 Å². The van der Waals surface area contributed by atoms with E-state index in [1.807, 2.05) is 19.1 Å². The molecule has 2 aromatic rings. The molecule has 0 aromatic heterocycles. The van der Waals surface area contributed by atoms with Gasteiger partial charge in [-0.3, -0.25) is 0 Å². The van der Waals surface area contributed by atoms with Gasteiger partial charge in [-0.05, 0) is 73.8 Å². The van der Waals surface area contributed by atoms with Crippen LogP contribution < -0.4 is 5.06 Å². The predicted molar refractivity (Wildman–Crippen MR) is 140 cm³/mol. The highest BCUT2D eigenvalue weighted by atomic mass is 32.2. The van der Waals surface area contributed by atoms with E-state index in [-0.39, 0.29) is 5.75 Å². The number of nitrogens with zero attached hydrogens (tertiary/aromatic N) is 1. The average Bonchev–Trinajstić information content (AvgIpc) is 2.79. The van der Waals surface area contributed by atoms with Crippen molar-refractivity contribution in [2.24, 2.45) is 0 Å². The first-order valence-corrected chi connectivity index (χ1v) is 15.0. The summed E-state index contributed by atoms with van der Waals surface area (Å²) >= 11 is 1.78. The molecule has 1 aliphatic heterocycles. The van der Waals surface area contributed by atoms with Gasteiger partial charge in [0.25, 0.3) is 10.1 Å². The molecule has 1 aliphatic rings. The molecule has 0 unspecified atom stereocenters. The van der Waals surface area contributed by atoms with Crippen LogP contribution in [-0.2, 0) is 33.7 Å². The lowest BCUT2D eigenvalue weighted by Crippen LogP contribution is -2.28. The first-order valence-electron chi connectivity index (χ1n) is 12.6. The van der Waals surface area contributed by atoms with Crippen molar-refractivity contribution in [1.82, 2.24) is 0 Å². The molecule has 0 spiro atoms. The second-order valence-electron chi connectivity index (χ2n) is 8.91. The highest BCUT2D eigenvalue weighted by Crippen LogP contribution is 2.52. The Morgan fingerprint density at radius 1 is 0.848 bits per heavy atom. The second-order valence-corrected chi connectivity index (χ2v) is 11.6. The quantitative estimate of drug-likeness (QED) is 0.285. The molecule has 0 bridgehead atoms. The molecule has 3 rings (SSSR count). The van der Waals surface area contributed by atoms with Gasteiger partial charge in [-0.25, -0.2) is 5.06 Å². The van der Waals surface area contributed by atoms with Crippen LogP contribution in [-0.4, -0.2) is 14.2 Å². The molecule has 1 heterocycles. The molecule has 2 aromatic carbocycles. The summed E-state index contributed by atoms with van der Waals surface area (Å²) in [6.07, 6.45) is 10.2. The third-order valence-corrected chi connectivity index (χ3v) is 8.47. The van der Waals surface area contributed by atoms with Crippen LogP contribution in [0.2, 0.25) is 0 Å². The smallest absolute Gasteiger partial charge is 0.202 e. The van der Waals surface area contributed by atoms with Gasteiger partial charge in [0, 0.05) is 9.79 Å². The largest absolute Gasteiger partial charge is 0.288 e. The number of unbranched alkanes of at least 4 members (excludes halogenated alkanes) is 3. The SMILES string of the molecule is CCCCc1cc(CCCC)c2c(c1)Sc1c(CCCC)cccc1N2OS(=O)(=O)CCC. The van der Waals surface area contributed by atoms with Crippen molar-refractivity contribution in [2.45, 2.75) is 102 Å². The van der Waals surface area contributed by atoms with Crippen molar-refractivity contribution in [2.75, 3.05) is 10.8 Å². The van der Waals surface area contributed by atoms with E-state index in [1.54, 1.807) is 16.8 Å². The van der Waals surface area contributed by atoms with Crippen LogP contribution in [0.5, 0.6) is 0 Å². The third kappa shape index (κ3) is 6.55. The summed E-state index contributed by atoms with van der Waals surface area (Å²) in [5.74, 6) is 0.00963. The Hall–Kier alpha value is -1.50. The van der Waals surface area contributed by atoms with E-state index in [2.05, 4.69) is 39.0 Å². The van der Waals surface area contributed by atoms with Crippen molar-refractivity contribution in [3.05, 3.63) is 47.0 Å². The molecule has 0 amide bonds. The molecule has 4 nitrogen and oxygen atoms in total. The monoisotopic (exact) mass is 489 g/mol. The van der Waals surface area contributed by atoms with Crippen molar-refractivity contribution < 1.29 is 12.7 Å².